The minimum absolute atomic E-state index is 0.137. The van der Waals surface area contributed by atoms with E-state index in [2.05, 4.69) is 15.2 Å². The van der Waals surface area contributed by atoms with Crippen molar-refractivity contribution in [3.8, 4) is 0 Å². The molecule has 0 saturated carbocycles. The molecule has 25 heavy (non-hydrogen) atoms. The van der Waals surface area contributed by atoms with Crippen LogP contribution in [0.25, 0.3) is 0 Å². The molecule has 0 fully saturated rings. The first-order valence-corrected chi connectivity index (χ1v) is 9.28. The highest BCUT2D eigenvalue weighted by Gasteiger charge is 2.23. The summed E-state index contributed by atoms with van der Waals surface area (Å²) in [5.74, 6) is 0. The van der Waals surface area contributed by atoms with Crippen molar-refractivity contribution in [3.05, 3.63) is 40.3 Å². The number of hydrogen-bond acceptors (Lipinski definition) is 8. The fourth-order valence-electron chi connectivity index (χ4n) is 1.85. The second-order valence-electron chi connectivity index (χ2n) is 4.85. The molecule has 1 heterocycles. The lowest BCUT2D eigenvalue weighted by Crippen LogP contribution is -2.06. The molecule has 0 bridgehead atoms. The number of benzene rings is 1. The molecule has 0 amide bonds. The van der Waals surface area contributed by atoms with E-state index in [4.69, 9.17) is 10.3 Å². The van der Waals surface area contributed by atoms with Crippen molar-refractivity contribution in [1.29, 1.82) is 0 Å². The van der Waals surface area contributed by atoms with Gasteiger partial charge in [-0.15, -0.1) is 10.2 Å². The van der Waals surface area contributed by atoms with Gasteiger partial charge in [-0.2, -0.15) is 16.8 Å². The van der Waals surface area contributed by atoms with Gasteiger partial charge in [0.05, 0.1) is 10.6 Å². The lowest BCUT2D eigenvalue weighted by Gasteiger charge is -2.07. The maximum atomic E-state index is 11.7. The molecule has 0 unspecified atom stereocenters. The Hall–Kier alpha value is -2.61. The Morgan fingerprint density at radius 3 is 2.16 bits per heavy atom. The van der Waals surface area contributed by atoms with Crippen LogP contribution in [0.15, 0.2) is 49.2 Å². The average Bonchev–Trinajstić information content (AvgIpc) is 2.45. The number of nitrogen functional groups attached to an aromatic ring is 1. The Labute approximate surface area is 141 Å². The smallest absolute Gasteiger partial charge is 0.296 e. The van der Waals surface area contributed by atoms with Crippen molar-refractivity contribution in [1.82, 2.24) is 4.98 Å². The van der Waals surface area contributed by atoms with Gasteiger partial charge in [0.1, 0.15) is 10.6 Å². The van der Waals surface area contributed by atoms with E-state index in [1.807, 2.05) is 0 Å². The van der Waals surface area contributed by atoms with E-state index in [1.54, 1.807) is 6.92 Å². The minimum Gasteiger partial charge on any atom is -0.397 e. The van der Waals surface area contributed by atoms with Gasteiger partial charge in [0.2, 0.25) is 0 Å². The number of H-pyrrole nitrogens is 1. The highest BCUT2D eigenvalue weighted by Crippen LogP contribution is 2.34. The van der Waals surface area contributed by atoms with Gasteiger partial charge in [0, 0.05) is 6.20 Å². The van der Waals surface area contributed by atoms with Crippen LogP contribution in [-0.2, 0) is 20.2 Å². The highest BCUT2D eigenvalue weighted by molar-refractivity contribution is 7.86. The summed E-state index contributed by atoms with van der Waals surface area (Å²) in [6.45, 7) is 1.55. The normalized spacial score (nSPS) is 12.6. The molecular weight excluding hydrogens is 376 g/mol. The van der Waals surface area contributed by atoms with Crippen LogP contribution >= 0.6 is 0 Å². The van der Waals surface area contributed by atoms with Gasteiger partial charge >= 0.3 is 0 Å². The molecule has 0 saturated heterocycles. The van der Waals surface area contributed by atoms with Crippen molar-refractivity contribution in [2.45, 2.75) is 16.7 Å². The first kappa shape index (κ1) is 18.7. The Balaban J connectivity index is 2.74. The Kier molecular flexibility index (Phi) is 4.76. The van der Waals surface area contributed by atoms with Gasteiger partial charge in [0.25, 0.3) is 25.8 Å². The van der Waals surface area contributed by atoms with E-state index in [-0.39, 0.29) is 5.69 Å². The molecule has 5 N–H and O–H groups in total. The SMILES string of the molecule is Cc1cc[nH]c(=O)c1N=Nc1c(N)cc(S(=O)(=O)O)cc1S(=O)(=O)O. The Morgan fingerprint density at radius 2 is 1.64 bits per heavy atom. The van der Waals surface area contributed by atoms with Crippen LogP contribution in [-0.4, -0.2) is 30.9 Å². The average molecular weight is 388 g/mol. The molecule has 0 aliphatic rings. The maximum Gasteiger partial charge on any atom is 0.296 e. The predicted molar refractivity (Wildman–Crippen MR) is 86.5 cm³/mol. The number of aromatic amines is 1. The van der Waals surface area contributed by atoms with Crippen LogP contribution in [0.3, 0.4) is 0 Å². The number of aromatic nitrogens is 1. The van der Waals surface area contributed by atoms with Crippen molar-refractivity contribution in [2.75, 3.05) is 5.73 Å². The number of nitrogens with two attached hydrogens (primary N) is 1. The Morgan fingerprint density at radius 1 is 1.04 bits per heavy atom. The number of pyridine rings is 1. The zero-order valence-corrected chi connectivity index (χ0v) is 14.2. The van der Waals surface area contributed by atoms with Gasteiger partial charge in [-0.3, -0.25) is 13.9 Å². The molecule has 0 spiro atoms. The van der Waals surface area contributed by atoms with Gasteiger partial charge < -0.3 is 10.7 Å². The standard InChI is InChI=1S/C12H12N4O7S2/c1-6-2-3-14-12(17)10(6)15-16-11-8(13)4-7(24(18,19)20)5-9(11)25(21,22)23/h2-5H,13H2,1H3,(H,14,17)(H,18,19,20)(H,21,22,23). The molecular formula is C12H12N4O7S2. The first-order chi connectivity index (χ1) is 11.4. The van der Waals surface area contributed by atoms with Crippen molar-refractivity contribution in [3.63, 3.8) is 0 Å². The van der Waals surface area contributed by atoms with Crippen LogP contribution in [0.2, 0.25) is 0 Å². The maximum absolute atomic E-state index is 11.7. The summed E-state index contributed by atoms with van der Waals surface area (Å²) in [6, 6.07) is 2.72. The van der Waals surface area contributed by atoms with Crippen LogP contribution < -0.4 is 11.3 Å². The molecule has 0 radical (unpaired) electrons. The fraction of sp³-hybridized carbons (Fsp3) is 0.0833. The number of nitrogens with zero attached hydrogens (tertiary/aromatic N) is 2. The number of rotatable bonds is 4. The first-order valence-electron chi connectivity index (χ1n) is 6.40. The summed E-state index contributed by atoms with van der Waals surface area (Å²) in [6.07, 6.45) is 1.37. The van der Waals surface area contributed by atoms with Gasteiger partial charge in [-0.05, 0) is 30.7 Å². The number of anilines is 1. The lowest BCUT2D eigenvalue weighted by molar-refractivity contribution is 0.481. The number of azo groups is 1. The molecule has 0 aliphatic carbocycles. The fourth-order valence-corrected chi connectivity index (χ4v) is 3.14. The summed E-state index contributed by atoms with van der Waals surface area (Å²) in [4.78, 5) is 12.2. The number of aryl methyl sites for hydroxylation is 1. The summed E-state index contributed by atoms with van der Waals surface area (Å²) in [5, 5.41) is 7.17. The van der Waals surface area contributed by atoms with E-state index in [9.17, 15) is 26.2 Å². The van der Waals surface area contributed by atoms with Crippen LogP contribution in [0.1, 0.15) is 5.56 Å². The van der Waals surface area contributed by atoms with Crippen LogP contribution in [0, 0.1) is 6.92 Å². The van der Waals surface area contributed by atoms with Crippen LogP contribution in [0.5, 0.6) is 0 Å². The number of hydrogen-bond donors (Lipinski definition) is 4. The molecule has 1 aromatic heterocycles. The van der Waals surface area contributed by atoms with E-state index >= 15 is 0 Å². The second kappa shape index (κ2) is 6.36. The summed E-state index contributed by atoms with van der Waals surface area (Å²) in [5.41, 5.74) is 4.16. The zero-order valence-electron chi connectivity index (χ0n) is 12.5. The summed E-state index contributed by atoms with van der Waals surface area (Å²) < 4.78 is 63.6. The number of nitrogens with one attached hydrogen (secondary N) is 1. The molecule has 13 heteroatoms. The van der Waals surface area contributed by atoms with Crippen LogP contribution in [0.4, 0.5) is 17.1 Å². The van der Waals surface area contributed by atoms with Crippen molar-refractivity contribution >= 4 is 37.3 Å². The second-order valence-corrected chi connectivity index (χ2v) is 7.66. The molecule has 0 atom stereocenters. The zero-order chi connectivity index (χ0) is 19.0. The van der Waals surface area contributed by atoms with Gasteiger partial charge in [0.15, 0.2) is 5.69 Å². The molecule has 11 nitrogen and oxygen atoms in total. The molecule has 1 aromatic carbocycles. The van der Waals surface area contributed by atoms with Crippen molar-refractivity contribution in [2.24, 2.45) is 10.2 Å². The van der Waals surface area contributed by atoms with Crippen molar-refractivity contribution < 1.29 is 25.9 Å². The third-order valence-electron chi connectivity index (χ3n) is 3.04. The van der Waals surface area contributed by atoms with Gasteiger partial charge in [-0.1, -0.05) is 0 Å². The van der Waals surface area contributed by atoms with E-state index in [1.165, 1.54) is 12.3 Å². The largest absolute Gasteiger partial charge is 0.397 e. The van der Waals surface area contributed by atoms with Gasteiger partial charge in [-0.25, -0.2) is 0 Å². The lowest BCUT2D eigenvalue weighted by atomic mass is 10.2. The minimum atomic E-state index is -4.96. The molecule has 2 rings (SSSR count). The van der Waals surface area contributed by atoms with E-state index < -0.39 is 47.0 Å². The topological polar surface area (TPSA) is 192 Å². The highest BCUT2D eigenvalue weighted by atomic mass is 32.2. The monoisotopic (exact) mass is 388 g/mol. The third kappa shape index (κ3) is 4.08. The molecule has 0 aliphatic heterocycles. The molecule has 134 valence electrons. The summed E-state index contributed by atoms with van der Waals surface area (Å²) in [7, 11) is -9.75. The quantitative estimate of drug-likeness (QED) is 0.340. The summed E-state index contributed by atoms with van der Waals surface area (Å²) >= 11 is 0. The third-order valence-corrected chi connectivity index (χ3v) is 4.74. The van der Waals surface area contributed by atoms with E-state index in [0.717, 1.165) is 6.07 Å². The van der Waals surface area contributed by atoms with E-state index in [0.29, 0.717) is 11.6 Å². The molecule has 2 aromatic rings. The predicted octanol–water partition coefficient (Wildman–Crippen LogP) is 1.17. The Bertz CT molecular complexity index is 1130.